The molecule has 0 bridgehead atoms. The number of ether oxygens (including phenoxy) is 1. The molecule has 0 aliphatic rings. The van der Waals surface area contributed by atoms with Crippen LogP contribution in [0.2, 0.25) is 10.0 Å². The van der Waals surface area contributed by atoms with E-state index in [1.54, 1.807) is 84.9 Å². The molecule has 0 heterocycles. The summed E-state index contributed by atoms with van der Waals surface area (Å²) in [7, 11) is 0. The molecule has 0 aliphatic heterocycles. The summed E-state index contributed by atoms with van der Waals surface area (Å²) in [6.45, 7) is 0. The molecule has 4 aromatic rings. The van der Waals surface area contributed by atoms with E-state index < -0.39 is 17.8 Å². The molecule has 40 heavy (non-hydrogen) atoms. The lowest BCUT2D eigenvalue weighted by atomic mass is 10.1. The van der Waals surface area contributed by atoms with Crippen LogP contribution in [0.3, 0.4) is 0 Å². The lowest BCUT2D eigenvalue weighted by Crippen LogP contribution is -2.40. The van der Waals surface area contributed by atoms with Gasteiger partial charge in [0, 0.05) is 38.5 Å². The molecule has 8 nitrogen and oxygen atoms in total. The second-order valence-electron chi connectivity index (χ2n) is 8.25. The summed E-state index contributed by atoms with van der Waals surface area (Å²) in [5.41, 5.74) is 6.57. The van der Waals surface area contributed by atoms with Crippen LogP contribution in [0.1, 0.15) is 36.6 Å². The van der Waals surface area contributed by atoms with E-state index in [4.69, 9.17) is 27.9 Å². The SMILES string of the molecule is O=C(/C=C/c1ccccc1OC(=O)c1ccc(Cl)cc1)NNC(=O)c1ccc(NC(=O)c2ccc(Cl)cc2)cc1. The zero-order valence-electron chi connectivity index (χ0n) is 20.7. The standard InChI is InChI=1S/C30H21Cl2N3O5/c31-23-12-5-20(6-13-23)28(37)33-25-16-9-21(10-17-25)29(38)35-34-27(36)18-11-19-3-1-2-4-26(19)40-30(39)22-7-14-24(32)15-8-22/h1-18H,(H,33,37)(H,34,36)(H,35,38)/b18-11+. The van der Waals surface area contributed by atoms with E-state index in [-0.39, 0.29) is 17.2 Å². The molecule has 0 aliphatic carbocycles. The molecule has 4 aromatic carbocycles. The Kier molecular flexibility index (Phi) is 9.30. The van der Waals surface area contributed by atoms with Gasteiger partial charge in [0.1, 0.15) is 5.75 Å². The highest BCUT2D eigenvalue weighted by Gasteiger charge is 2.12. The Morgan fingerprint density at radius 1 is 0.625 bits per heavy atom. The van der Waals surface area contributed by atoms with E-state index in [2.05, 4.69) is 16.2 Å². The predicted octanol–water partition coefficient (Wildman–Crippen LogP) is 5.94. The number of halogens is 2. The second kappa shape index (κ2) is 13.2. The zero-order valence-corrected chi connectivity index (χ0v) is 22.2. The maximum atomic E-state index is 12.4. The largest absolute Gasteiger partial charge is 0.422 e. The lowest BCUT2D eigenvalue weighted by molar-refractivity contribution is -0.117. The van der Waals surface area contributed by atoms with Crippen LogP contribution >= 0.6 is 23.2 Å². The predicted molar refractivity (Wildman–Crippen MR) is 153 cm³/mol. The molecule has 0 atom stereocenters. The van der Waals surface area contributed by atoms with Crippen molar-refractivity contribution in [3.8, 4) is 5.75 Å². The van der Waals surface area contributed by atoms with E-state index in [1.807, 2.05) is 0 Å². The first-order valence-corrected chi connectivity index (χ1v) is 12.6. The van der Waals surface area contributed by atoms with Crippen molar-refractivity contribution in [3.63, 3.8) is 0 Å². The average Bonchev–Trinajstić information content (AvgIpc) is 2.96. The fraction of sp³-hybridized carbons (Fsp3) is 0. The first-order chi connectivity index (χ1) is 19.3. The minimum absolute atomic E-state index is 0.249. The van der Waals surface area contributed by atoms with Crippen LogP contribution in [0.4, 0.5) is 5.69 Å². The van der Waals surface area contributed by atoms with Crippen LogP contribution < -0.4 is 20.9 Å². The Morgan fingerprint density at radius 2 is 1.18 bits per heavy atom. The van der Waals surface area contributed by atoms with E-state index >= 15 is 0 Å². The number of nitrogens with one attached hydrogen (secondary N) is 3. The van der Waals surface area contributed by atoms with Gasteiger partial charge in [-0.25, -0.2) is 4.79 Å². The van der Waals surface area contributed by atoms with Gasteiger partial charge in [-0.3, -0.25) is 25.2 Å². The molecule has 3 amide bonds. The van der Waals surface area contributed by atoms with Gasteiger partial charge in [0.15, 0.2) is 0 Å². The molecule has 10 heteroatoms. The topological polar surface area (TPSA) is 114 Å². The van der Waals surface area contributed by atoms with Gasteiger partial charge in [0.2, 0.25) is 0 Å². The number of carbonyl (C=O) groups is 4. The summed E-state index contributed by atoms with van der Waals surface area (Å²) in [4.78, 5) is 49.5. The van der Waals surface area contributed by atoms with Crippen molar-refractivity contribution in [1.82, 2.24) is 10.9 Å². The molecule has 0 aromatic heterocycles. The summed E-state index contributed by atoms with van der Waals surface area (Å²) in [5, 5.41) is 3.74. The quantitative estimate of drug-likeness (QED) is 0.109. The molecule has 200 valence electrons. The summed E-state index contributed by atoms with van der Waals surface area (Å²) < 4.78 is 5.46. The Bertz CT molecular complexity index is 1570. The summed E-state index contributed by atoms with van der Waals surface area (Å²) in [6.07, 6.45) is 2.63. The highest BCUT2D eigenvalue weighted by molar-refractivity contribution is 6.31. The van der Waals surface area contributed by atoms with Crippen molar-refractivity contribution >= 4 is 58.7 Å². The number of rotatable bonds is 7. The normalized spacial score (nSPS) is 10.6. The number of hydrazine groups is 1. The third-order valence-corrected chi connectivity index (χ3v) is 5.93. The Balaban J connectivity index is 1.29. The fourth-order valence-corrected chi connectivity index (χ4v) is 3.62. The fourth-order valence-electron chi connectivity index (χ4n) is 3.36. The van der Waals surface area contributed by atoms with Gasteiger partial charge in [-0.05, 0) is 84.9 Å². The van der Waals surface area contributed by atoms with Gasteiger partial charge >= 0.3 is 5.97 Å². The van der Waals surface area contributed by atoms with Gasteiger partial charge in [0.25, 0.3) is 17.7 Å². The number of carbonyl (C=O) groups excluding carboxylic acids is 4. The zero-order chi connectivity index (χ0) is 28.5. The molecule has 0 fully saturated rings. The first-order valence-electron chi connectivity index (χ1n) is 11.8. The molecule has 0 unspecified atom stereocenters. The summed E-state index contributed by atoms with van der Waals surface area (Å²) >= 11 is 11.7. The van der Waals surface area contributed by atoms with E-state index in [9.17, 15) is 19.2 Å². The number of hydrogen-bond acceptors (Lipinski definition) is 5. The third kappa shape index (κ3) is 7.80. The highest BCUT2D eigenvalue weighted by Crippen LogP contribution is 2.21. The summed E-state index contributed by atoms with van der Waals surface area (Å²) in [5.74, 6) is -1.83. The number of anilines is 1. The molecule has 0 saturated carbocycles. The van der Waals surface area contributed by atoms with Crippen molar-refractivity contribution in [2.75, 3.05) is 5.32 Å². The average molecular weight is 574 g/mol. The maximum absolute atomic E-state index is 12.4. The van der Waals surface area contributed by atoms with Gasteiger partial charge in [-0.2, -0.15) is 0 Å². The smallest absolute Gasteiger partial charge is 0.343 e. The molecular formula is C30H21Cl2N3O5. The maximum Gasteiger partial charge on any atom is 0.343 e. The number of esters is 1. The lowest BCUT2D eigenvalue weighted by Gasteiger charge is -2.09. The molecule has 4 rings (SSSR count). The number of benzene rings is 4. The van der Waals surface area contributed by atoms with Gasteiger partial charge < -0.3 is 10.1 Å². The number of amides is 3. The van der Waals surface area contributed by atoms with Crippen LogP contribution in [0.25, 0.3) is 6.08 Å². The van der Waals surface area contributed by atoms with Crippen molar-refractivity contribution in [3.05, 3.63) is 135 Å². The molecule has 0 saturated heterocycles. The Labute approximate surface area is 239 Å². The van der Waals surface area contributed by atoms with Gasteiger partial charge in [0.05, 0.1) is 5.56 Å². The Morgan fingerprint density at radius 3 is 1.82 bits per heavy atom. The Hall–Kier alpha value is -4.92. The first kappa shape index (κ1) is 28.1. The second-order valence-corrected chi connectivity index (χ2v) is 9.12. The van der Waals surface area contributed by atoms with Crippen LogP contribution in [-0.4, -0.2) is 23.7 Å². The van der Waals surface area contributed by atoms with Crippen LogP contribution in [0.15, 0.2) is 103 Å². The minimum Gasteiger partial charge on any atom is -0.422 e. The van der Waals surface area contributed by atoms with E-state index in [1.165, 1.54) is 24.3 Å². The molecule has 3 N–H and O–H groups in total. The van der Waals surface area contributed by atoms with Crippen molar-refractivity contribution in [1.29, 1.82) is 0 Å². The number of para-hydroxylation sites is 1. The number of hydrogen-bond donors (Lipinski definition) is 3. The van der Waals surface area contributed by atoms with E-state index in [0.717, 1.165) is 0 Å². The van der Waals surface area contributed by atoms with Crippen molar-refractivity contribution in [2.24, 2.45) is 0 Å². The third-order valence-electron chi connectivity index (χ3n) is 5.43. The molecule has 0 spiro atoms. The van der Waals surface area contributed by atoms with Gasteiger partial charge in [-0.1, -0.05) is 41.4 Å². The van der Waals surface area contributed by atoms with Crippen LogP contribution in [0, 0.1) is 0 Å². The minimum atomic E-state index is -0.612. The molecule has 0 radical (unpaired) electrons. The summed E-state index contributed by atoms with van der Waals surface area (Å²) in [6, 6.07) is 25.5. The van der Waals surface area contributed by atoms with Crippen molar-refractivity contribution < 1.29 is 23.9 Å². The van der Waals surface area contributed by atoms with E-state index in [0.29, 0.717) is 32.4 Å². The monoisotopic (exact) mass is 573 g/mol. The van der Waals surface area contributed by atoms with Gasteiger partial charge in [-0.15, -0.1) is 0 Å². The van der Waals surface area contributed by atoms with Crippen LogP contribution in [0.5, 0.6) is 5.75 Å². The molecular weight excluding hydrogens is 553 g/mol. The van der Waals surface area contributed by atoms with Crippen LogP contribution in [-0.2, 0) is 4.79 Å². The highest BCUT2D eigenvalue weighted by atomic mass is 35.5. The van der Waals surface area contributed by atoms with Crippen molar-refractivity contribution in [2.45, 2.75) is 0 Å².